The number of H-pyrrole nitrogens is 1. The largest absolute Gasteiger partial charge is 0.508 e. The van der Waals surface area contributed by atoms with Crippen molar-refractivity contribution < 1.29 is 14.9 Å². The van der Waals surface area contributed by atoms with Crippen LogP contribution in [0.5, 0.6) is 23.0 Å². The number of aromatic amines is 1. The molecule has 5 heteroatoms. The Morgan fingerprint density at radius 2 is 1.81 bits per heavy atom. The third kappa shape index (κ3) is 2.67. The molecule has 1 heterocycles. The number of benzene rings is 2. The summed E-state index contributed by atoms with van der Waals surface area (Å²) < 4.78 is 5.78. The molecule has 1 aromatic heterocycles. The first-order valence-electron chi connectivity index (χ1n) is 6.44. The Kier molecular flexibility index (Phi) is 3.23. The summed E-state index contributed by atoms with van der Waals surface area (Å²) in [6, 6.07) is 12.0. The van der Waals surface area contributed by atoms with Crippen LogP contribution in [-0.2, 0) is 0 Å². The van der Waals surface area contributed by atoms with E-state index in [0.29, 0.717) is 22.8 Å². The minimum absolute atomic E-state index is 0.00668. The molecule has 0 atom stereocenters. The van der Waals surface area contributed by atoms with Crippen molar-refractivity contribution >= 4 is 0 Å². The highest BCUT2D eigenvalue weighted by Crippen LogP contribution is 2.37. The average Bonchev–Trinajstić information content (AvgIpc) is 2.89. The molecule has 5 nitrogen and oxygen atoms in total. The van der Waals surface area contributed by atoms with E-state index < -0.39 is 0 Å². The van der Waals surface area contributed by atoms with Gasteiger partial charge in [-0.1, -0.05) is 17.7 Å². The molecule has 3 N–H and O–H groups in total. The lowest BCUT2D eigenvalue weighted by atomic mass is 10.1. The summed E-state index contributed by atoms with van der Waals surface area (Å²) in [4.78, 5) is 0. The van der Waals surface area contributed by atoms with Gasteiger partial charge in [-0.3, -0.25) is 5.10 Å². The molecule has 3 aromatic rings. The summed E-state index contributed by atoms with van der Waals surface area (Å²) in [6.07, 6.45) is 1.61. The van der Waals surface area contributed by atoms with E-state index in [0.717, 1.165) is 5.56 Å². The van der Waals surface area contributed by atoms with E-state index in [4.69, 9.17) is 4.74 Å². The van der Waals surface area contributed by atoms with Gasteiger partial charge >= 0.3 is 0 Å². The van der Waals surface area contributed by atoms with Crippen LogP contribution < -0.4 is 4.74 Å². The number of rotatable bonds is 3. The van der Waals surface area contributed by atoms with Crippen molar-refractivity contribution in [2.24, 2.45) is 0 Å². The van der Waals surface area contributed by atoms with Gasteiger partial charge in [-0.05, 0) is 31.2 Å². The van der Waals surface area contributed by atoms with E-state index in [1.165, 1.54) is 12.1 Å². The molecule has 0 aliphatic heterocycles. The van der Waals surface area contributed by atoms with Crippen LogP contribution in [0, 0.1) is 6.92 Å². The Balaban J connectivity index is 1.95. The molecular formula is C16H14N2O3. The highest BCUT2D eigenvalue weighted by molar-refractivity contribution is 5.72. The number of phenolic OH excluding ortho intramolecular Hbond substituents is 2. The molecule has 0 amide bonds. The number of nitrogens with one attached hydrogen (secondary N) is 1. The maximum atomic E-state index is 9.92. The summed E-state index contributed by atoms with van der Waals surface area (Å²) in [5.41, 5.74) is 2.11. The van der Waals surface area contributed by atoms with Crippen molar-refractivity contribution in [3.63, 3.8) is 0 Å². The van der Waals surface area contributed by atoms with Crippen molar-refractivity contribution in [2.45, 2.75) is 6.92 Å². The standard InChI is InChI=1S/C16H14N2O3/c1-10-2-5-12(6-3-10)21-15-9-17-18-16(15)13-7-4-11(19)8-14(13)20/h2-9,19-20H,1H3,(H,17,18). The lowest BCUT2D eigenvalue weighted by Gasteiger charge is -2.07. The first kappa shape index (κ1) is 13.1. The molecular weight excluding hydrogens is 268 g/mol. The lowest BCUT2D eigenvalue weighted by Crippen LogP contribution is -1.87. The fourth-order valence-electron chi connectivity index (χ4n) is 2.00. The molecule has 0 bridgehead atoms. The maximum Gasteiger partial charge on any atom is 0.173 e. The Labute approximate surface area is 121 Å². The number of nitrogens with zero attached hydrogens (tertiary/aromatic N) is 1. The minimum atomic E-state index is -0.0594. The molecule has 0 spiro atoms. The minimum Gasteiger partial charge on any atom is -0.508 e. The Bertz CT molecular complexity index is 763. The highest BCUT2D eigenvalue weighted by Gasteiger charge is 2.14. The normalized spacial score (nSPS) is 10.5. The van der Waals surface area contributed by atoms with Crippen molar-refractivity contribution in [3.05, 3.63) is 54.2 Å². The third-order valence-electron chi connectivity index (χ3n) is 3.09. The second-order valence-electron chi connectivity index (χ2n) is 4.71. The monoisotopic (exact) mass is 282 g/mol. The van der Waals surface area contributed by atoms with E-state index in [1.807, 2.05) is 31.2 Å². The molecule has 0 aliphatic carbocycles. The Morgan fingerprint density at radius 3 is 2.52 bits per heavy atom. The third-order valence-corrected chi connectivity index (χ3v) is 3.09. The summed E-state index contributed by atoms with van der Waals surface area (Å²) in [5, 5.41) is 26.1. The predicted molar refractivity (Wildman–Crippen MR) is 78.6 cm³/mol. The van der Waals surface area contributed by atoms with Crippen molar-refractivity contribution in [1.82, 2.24) is 10.2 Å². The highest BCUT2D eigenvalue weighted by atomic mass is 16.5. The van der Waals surface area contributed by atoms with Crippen LogP contribution >= 0.6 is 0 Å². The molecule has 0 fully saturated rings. The number of aromatic nitrogens is 2. The summed E-state index contributed by atoms with van der Waals surface area (Å²) in [5.74, 6) is 1.12. The van der Waals surface area contributed by atoms with Crippen LogP contribution in [0.4, 0.5) is 0 Å². The van der Waals surface area contributed by atoms with Crippen LogP contribution in [0.3, 0.4) is 0 Å². The smallest absolute Gasteiger partial charge is 0.173 e. The van der Waals surface area contributed by atoms with Gasteiger partial charge in [0.2, 0.25) is 0 Å². The number of ether oxygens (including phenoxy) is 1. The fourth-order valence-corrected chi connectivity index (χ4v) is 2.00. The quantitative estimate of drug-likeness (QED) is 0.686. The number of aromatic hydroxyl groups is 2. The first-order valence-corrected chi connectivity index (χ1v) is 6.44. The number of phenols is 2. The molecule has 0 saturated carbocycles. The van der Waals surface area contributed by atoms with Gasteiger partial charge in [0.05, 0.1) is 6.20 Å². The molecule has 0 radical (unpaired) electrons. The molecule has 0 saturated heterocycles. The average molecular weight is 282 g/mol. The van der Waals surface area contributed by atoms with Gasteiger partial charge < -0.3 is 14.9 Å². The van der Waals surface area contributed by atoms with Gasteiger partial charge in [0.1, 0.15) is 22.9 Å². The molecule has 106 valence electrons. The van der Waals surface area contributed by atoms with Crippen molar-refractivity contribution in [3.8, 4) is 34.3 Å². The van der Waals surface area contributed by atoms with Gasteiger partial charge in [0.25, 0.3) is 0 Å². The molecule has 3 rings (SSSR count). The molecule has 0 aliphatic rings. The van der Waals surface area contributed by atoms with Crippen molar-refractivity contribution in [1.29, 1.82) is 0 Å². The second kappa shape index (κ2) is 5.20. The van der Waals surface area contributed by atoms with Crippen LogP contribution in [-0.4, -0.2) is 20.4 Å². The number of hydrogen-bond donors (Lipinski definition) is 3. The molecule has 0 unspecified atom stereocenters. The predicted octanol–water partition coefficient (Wildman–Crippen LogP) is 3.59. The van der Waals surface area contributed by atoms with Gasteiger partial charge in [-0.2, -0.15) is 5.10 Å². The zero-order chi connectivity index (χ0) is 14.8. The van der Waals surface area contributed by atoms with Crippen molar-refractivity contribution in [2.75, 3.05) is 0 Å². The zero-order valence-corrected chi connectivity index (χ0v) is 11.4. The van der Waals surface area contributed by atoms with Crippen LogP contribution in [0.1, 0.15) is 5.56 Å². The van der Waals surface area contributed by atoms with E-state index >= 15 is 0 Å². The van der Waals surface area contributed by atoms with Gasteiger partial charge in [-0.15, -0.1) is 0 Å². The SMILES string of the molecule is Cc1ccc(Oc2c[nH]nc2-c2ccc(O)cc2O)cc1. The number of hydrogen-bond acceptors (Lipinski definition) is 4. The van der Waals surface area contributed by atoms with E-state index in [-0.39, 0.29) is 11.5 Å². The topological polar surface area (TPSA) is 78.4 Å². The Morgan fingerprint density at radius 1 is 1.05 bits per heavy atom. The van der Waals surface area contributed by atoms with Gasteiger partial charge in [-0.25, -0.2) is 0 Å². The van der Waals surface area contributed by atoms with E-state index in [1.54, 1.807) is 12.3 Å². The maximum absolute atomic E-state index is 9.92. The number of aryl methyl sites for hydroxylation is 1. The summed E-state index contributed by atoms with van der Waals surface area (Å²) in [7, 11) is 0. The lowest BCUT2D eigenvalue weighted by molar-refractivity contribution is 0.450. The summed E-state index contributed by atoms with van der Waals surface area (Å²) >= 11 is 0. The fraction of sp³-hybridized carbons (Fsp3) is 0.0625. The molecule has 2 aromatic carbocycles. The zero-order valence-electron chi connectivity index (χ0n) is 11.4. The van der Waals surface area contributed by atoms with Crippen LogP contribution in [0.25, 0.3) is 11.3 Å². The van der Waals surface area contributed by atoms with Gasteiger partial charge in [0, 0.05) is 11.6 Å². The van der Waals surface area contributed by atoms with E-state index in [9.17, 15) is 10.2 Å². The first-order chi connectivity index (χ1) is 10.1. The second-order valence-corrected chi connectivity index (χ2v) is 4.71. The van der Waals surface area contributed by atoms with E-state index in [2.05, 4.69) is 10.2 Å². The van der Waals surface area contributed by atoms with Crippen LogP contribution in [0.2, 0.25) is 0 Å². The molecule has 21 heavy (non-hydrogen) atoms. The van der Waals surface area contributed by atoms with Gasteiger partial charge in [0.15, 0.2) is 5.75 Å². The Hall–Kier alpha value is -2.95. The summed E-state index contributed by atoms with van der Waals surface area (Å²) in [6.45, 7) is 2.00. The van der Waals surface area contributed by atoms with Crippen LogP contribution in [0.15, 0.2) is 48.7 Å².